The van der Waals surface area contributed by atoms with Crippen LogP contribution in [0.15, 0.2) is 77.7 Å². The molecule has 1 saturated heterocycles. The fourth-order valence-corrected chi connectivity index (χ4v) is 4.53. The molecule has 0 spiro atoms. The van der Waals surface area contributed by atoms with Crippen molar-refractivity contribution in [1.82, 2.24) is 4.72 Å². The molecule has 3 aromatic rings. The third kappa shape index (κ3) is 3.21. The molecule has 1 N–H and O–H groups in total. The average molecular weight is 366 g/mol. The third-order valence-electron chi connectivity index (χ3n) is 4.55. The van der Waals surface area contributed by atoms with Crippen LogP contribution >= 0.6 is 0 Å². The van der Waals surface area contributed by atoms with Gasteiger partial charge in [-0.25, -0.2) is 13.1 Å². The van der Waals surface area contributed by atoms with Gasteiger partial charge in [0.1, 0.15) is 0 Å². The fourth-order valence-electron chi connectivity index (χ4n) is 3.27. The number of sulfonamides is 1. The standard InChI is InChI=1S/C20H18N2O3S/c23-20-13-17(14-22(20)18-8-2-1-3-9-18)21-26(24,25)19-11-10-15-6-4-5-7-16(15)12-19/h1-12,17,21H,13-14H2/t17-/m1/s1. The number of nitrogens with one attached hydrogen (secondary N) is 1. The number of anilines is 1. The van der Waals surface area contributed by atoms with Crippen LogP contribution in [0.5, 0.6) is 0 Å². The van der Waals surface area contributed by atoms with Crippen molar-refractivity contribution in [1.29, 1.82) is 0 Å². The van der Waals surface area contributed by atoms with Crippen molar-refractivity contribution in [2.45, 2.75) is 17.4 Å². The molecule has 1 aliphatic heterocycles. The molecule has 26 heavy (non-hydrogen) atoms. The number of carbonyl (C=O) groups excluding carboxylic acids is 1. The summed E-state index contributed by atoms with van der Waals surface area (Å²) in [5.74, 6) is -0.0811. The number of carbonyl (C=O) groups is 1. The van der Waals surface area contributed by atoms with Crippen LogP contribution in [0.4, 0.5) is 5.69 Å². The zero-order chi connectivity index (χ0) is 18.1. The molecule has 1 amide bonds. The van der Waals surface area contributed by atoms with E-state index in [1.54, 1.807) is 23.1 Å². The number of rotatable bonds is 4. The second-order valence-electron chi connectivity index (χ2n) is 6.37. The first-order chi connectivity index (χ1) is 12.5. The second-order valence-corrected chi connectivity index (χ2v) is 8.09. The minimum atomic E-state index is -3.69. The highest BCUT2D eigenvalue weighted by Gasteiger charge is 2.33. The maximum Gasteiger partial charge on any atom is 0.240 e. The Morgan fingerprint density at radius 1 is 0.885 bits per heavy atom. The van der Waals surface area contributed by atoms with Gasteiger partial charge >= 0.3 is 0 Å². The van der Waals surface area contributed by atoms with E-state index in [2.05, 4.69) is 4.72 Å². The summed E-state index contributed by atoms with van der Waals surface area (Å²) in [6.07, 6.45) is 0.154. The lowest BCUT2D eigenvalue weighted by Gasteiger charge is -2.17. The number of hydrogen-bond donors (Lipinski definition) is 1. The Kier molecular flexibility index (Phi) is 4.22. The van der Waals surface area contributed by atoms with Gasteiger partial charge in [-0.05, 0) is 35.0 Å². The highest BCUT2D eigenvalue weighted by atomic mass is 32.2. The Morgan fingerprint density at radius 2 is 1.58 bits per heavy atom. The maximum absolute atomic E-state index is 12.7. The van der Waals surface area contributed by atoms with E-state index in [1.165, 1.54) is 0 Å². The first-order valence-electron chi connectivity index (χ1n) is 8.39. The Balaban J connectivity index is 1.55. The van der Waals surface area contributed by atoms with Crippen LogP contribution in [0.25, 0.3) is 10.8 Å². The van der Waals surface area contributed by atoms with Gasteiger partial charge in [-0.3, -0.25) is 4.79 Å². The monoisotopic (exact) mass is 366 g/mol. The van der Waals surface area contributed by atoms with E-state index < -0.39 is 16.1 Å². The van der Waals surface area contributed by atoms with Crippen molar-refractivity contribution in [2.75, 3.05) is 11.4 Å². The fraction of sp³-hybridized carbons (Fsp3) is 0.150. The number of para-hydroxylation sites is 1. The van der Waals surface area contributed by atoms with Crippen LogP contribution in [0.3, 0.4) is 0 Å². The van der Waals surface area contributed by atoms with Crippen LogP contribution in [0.2, 0.25) is 0 Å². The summed E-state index contributed by atoms with van der Waals surface area (Å²) in [5, 5.41) is 1.85. The van der Waals surface area contributed by atoms with Crippen LogP contribution in [-0.4, -0.2) is 26.9 Å². The summed E-state index contributed by atoms with van der Waals surface area (Å²) in [7, 11) is -3.69. The third-order valence-corrected chi connectivity index (χ3v) is 6.06. The van der Waals surface area contributed by atoms with Crippen molar-refractivity contribution in [3.63, 3.8) is 0 Å². The molecule has 0 bridgehead atoms. The Bertz CT molecular complexity index is 1060. The highest BCUT2D eigenvalue weighted by molar-refractivity contribution is 7.89. The molecule has 1 heterocycles. The lowest BCUT2D eigenvalue weighted by molar-refractivity contribution is -0.117. The molecule has 6 heteroatoms. The summed E-state index contributed by atoms with van der Waals surface area (Å²) in [5.41, 5.74) is 0.782. The van der Waals surface area contributed by atoms with Crippen molar-refractivity contribution in [3.05, 3.63) is 72.8 Å². The number of amides is 1. The summed E-state index contributed by atoms with van der Waals surface area (Å²) in [4.78, 5) is 14.1. The van der Waals surface area contributed by atoms with Crippen LogP contribution in [0, 0.1) is 0 Å². The second kappa shape index (κ2) is 6.55. The molecule has 0 aromatic heterocycles. The number of benzene rings is 3. The molecular weight excluding hydrogens is 348 g/mol. The van der Waals surface area contributed by atoms with Crippen molar-refractivity contribution < 1.29 is 13.2 Å². The summed E-state index contributed by atoms with van der Waals surface area (Å²) in [6.45, 7) is 0.329. The van der Waals surface area contributed by atoms with Crippen molar-refractivity contribution >= 4 is 32.4 Å². The van der Waals surface area contributed by atoms with E-state index in [0.29, 0.717) is 6.54 Å². The van der Waals surface area contributed by atoms with Gasteiger partial charge in [-0.1, -0.05) is 48.5 Å². The normalized spacial score (nSPS) is 17.8. The summed E-state index contributed by atoms with van der Waals surface area (Å²) in [6, 6.07) is 21.5. The van der Waals surface area contributed by atoms with Gasteiger partial charge in [0.15, 0.2) is 0 Å². The van der Waals surface area contributed by atoms with Gasteiger partial charge in [0.25, 0.3) is 0 Å². The number of nitrogens with zero attached hydrogens (tertiary/aromatic N) is 1. The Morgan fingerprint density at radius 3 is 2.35 bits per heavy atom. The summed E-state index contributed by atoms with van der Waals surface area (Å²) >= 11 is 0. The molecular formula is C20H18N2O3S. The zero-order valence-electron chi connectivity index (χ0n) is 14.0. The SMILES string of the molecule is O=C1C[C@@H](NS(=O)(=O)c2ccc3ccccc3c2)CN1c1ccccc1. The molecule has 132 valence electrons. The molecule has 4 rings (SSSR count). The molecule has 1 aliphatic rings. The molecule has 0 aliphatic carbocycles. The predicted molar refractivity (Wildman–Crippen MR) is 101 cm³/mol. The molecule has 1 fully saturated rings. The van der Waals surface area contributed by atoms with Gasteiger partial charge in [0.2, 0.25) is 15.9 Å². The van der Waals surface area contributed by atoms with Crippen LogP contribution in [-0.2, 0) is 14.8 Å². The van der Waals surface area contributed by atoms with E-state index in [9.17, 15) is 13.2 Å². The first kappa shape index (κ1) is 16.8. The van der Waals surface area contributed by atoms with E-state index in [4.69, 9.17) is 0 Å². The predicted octanol–water partition coefficient (Wildman–Crippen LogP) is 2.92. The quantitative estimate of drug-likeness (QED) is 0.772. The smallest absolute Gasteiger partial charge is 0.240 e. The number of fused-ring (bicyclic) bond motifs is 1. The minimum absolute atomic E-state index is 0.0811. The van der Waals surface area contributed by atoms with Crippen LogP contribution < -0.4 is 9.62 Å². The van der Waals surface area contributed by atoms with Crippen molar-refractivity contribution in [3.8, 4) is 0 Å². The molecule has 0 saturated carbocycles. The van der Waals surface area contributed by atoms with E-state index >= 15 is 0 Å². The lowest BCUT2D eigenvalue weighted by atomic mass is 10.1. The maximum atomic E-state index is 12.7. The molecule has 1 atom stereocenters. The summed E-state index contributed by atoms with van der Waals surface area (Å²) < 4.78 is 28.2. The largest absolute Gasteiger partial charge is 0.311 e. The Labute approximate surface area is 152 Å². The molecule has 0 radical (unpaired) electrons. The van der Waals surface area contributed by atoms with Gasteiger partial charge < -0.3 is 4.90 Å². The van der Waals surface area contributed by atoms with E-state index in [1.807, 2.05) is 54.6 Å². The lowest BCUT2D eigenvalue weighted by Crippen LogP contribution is -2.37. The average Bonchev–Trinajstić information content (AvgIpc) is 3.01. The van der Waals surface area contributed by atoms with E-state index in [0.717, 1.165) is 16.5 Å². The zero-order valence-corrected chi connectivity index (χ0v) is 14.8. The molecule has 5 nitrogen and oxygen atoms in total. The molecule has 0 unspecified atom stereocenters. The molecule has 3 aromatic carbocycles. The minimum Gasteiger partial charge on any atom is -0.311 e. The first-order valence-corrected chi connectivity index (χ1v) is 9.88. The van der Waals surface area contributed by atoms with E-state index in [-0.39, 0.29) is 17.2 Å². The van der Waals surface area contributed by atoms with Gasteiger partial charge in [0.05, 0.1) is 4.90 Å². The topological polar surface area (TPSA) is 66.5 Å². The van der Waals surface area contributed by atoms with Crippen molar-refractivity contribution in [2.24, 2.45) is 0 Å². The van der Waals surface area contributed by atoms with Gasteiger partial charge in [0, 0.05) is 24.7 Å². The van der Waals surface area contributed by atoms with Gasteiger partial charge in [-0.15, -0.1) is 0 Å². The number of hydrogen-bond acceptors (Lipinski definition) is 3. The van der Waals surface area contributed by atoms with Crippen LogP contribution in [0.1, 0.15) is 6.42 Å². The van der Waals surface area contributed by atoms with Gasteiger partial charge in [-0.2, -0.15) is 0 Å². The highest BCUT2D eigenvalue weighted by Crippen LogP contribution is 2.23. The Hall–Kier alpha value is -2.70.